The minimum absolute atomic E-state index is 0. The summed E-state index contributed by atoms with van der Waals surface area (Å²) >= 11 is 4.52. The van der Waals surface area contributed by atoms with Gasteiger partial charge in [0.05, 0.1) is 5.24 Å². The smallest absolute Gasteiger partial charge is 0.0851 e. The molecule has 0 saturated carbocycles. The number of halogens is 1. The molecule has 5 rings (SSSR count). The molecule has 0 aliphatic carbocycles. The van der Waals surface area contributed by atoms with Crippen molar-refractivity contribution >= 4 is 53.9 Å². The van der Waals surface area contributed by atoms with Crippen LogP contribution in [0, 0.1) is 26.3 Å². The van der Waals surface area contributed by atoms with Gasteiger partial charge in [0.25, 0.3) is 0 Å². The molecule has 3 N–H and O–H groups in total. The van der Waals surface area contributed by atoms with E-state index in [0.29, 0.717) is 0 Å². The number of benzene rings is 5. The molecule has 0 radical (unpaired) electrons. The maximum atomic E-state index is 9.10. The second-order valence-electron chi connectivity index (χ2n) is 7.63. The zero-order chi connectivity index (χ0) is 27.4. The second-order valence-corrected chi connectivity index (χ2v) is 11.8. The Labute approximate surface area is 262 Å². The van der Waals surface area contributed by atoms with E-state index in [2.05, 4.69) is 135 Å². The number of hydrogen-bond acceptors (Lipinski definition) is 2. The van der Waals surface area contributed by atoms with E-state index in [1.807, 2.05) is 54.6 Å². The minimum Gasteiger partial charge on any atom is -0.344 e. The van der Waals surface area contributed by atoms with Crippen molar-refractivity contribution in [3.8, 4) is 0 Å². The number of rotatable bonds is 4. The molecule has 6 heteroatoms. The Kier molecular flexibility index (Phi) is 21.7. The van der Waals surface area contributed by atoms with E-state index in [1.165, 1.54) is 21.2 Å². The van der Waals surface area contributed by atoms with Gasteiger partial charge < -0.3 is 31.2 Å². The largest absolute Gasteiger partial charge is 0.344 e. The topological polar surface area (TPSA) is 52.1 Å². The Morgan fingerprint density at radius 1 is 0.525 bits per heavy atom. The van der Waals surface area contributed by atoms with E-state index in [0.717, 1.165) is 0 Å². The molecular formula is C34H34ClNOP2Pd-4. The zero-order valence-corrected chi connectivity index (χ0v) is 26.4. The summed E-state index contributed by atoms with van der Waals surface area (Å²) in [5.41, 5.74) is 0. The zero-order valence-electron chi connectivity index (χ0n) is 22.3. The molecule has 40 heavy (non-hydrogen) atoms. The maximum absolute atomic E-state index is 9.10. The van der Waals surface area contributed by atoms with Crippen LogP contribution in [-0.2, 0) is 25.2 Å². The monoisotopic (exact) mass is 675 g/mol. The molecular weight excluding hydrogens is 642 g/mol. The fraction of sp³-hybridized carbons (Fsp3) is 0. The third-order valence-corrected chi connectivity index (χ3v) is 8.56. The van der Waals surface area contributed by atoms with Gasteiger partial charge in [0.1, 0.15) is 0 Å². The van der Waals surface area contributed by atoms with Crippen LogP contribution in [0.5, 0.6) is 0 Å². The average molecular weight is 676 g/mol. The summed E-state index contributed by atoms with van der Waals surface area (Å²) in [6.45, 7) is 11.3. The molecule has 2 nitrogen and oxygen atoms in total. The molecule has 0 saturated heterocycles. The fourth-order valence-corrected chi connectivity index (χ4v) is 5.80. The molecule has 5 aromatic carbocycles. The van der Waals surface area contributed by atoms with E-state index < -0.39 is 21.1 Å². The van der Waals surface area contributed by atoms with Crippen LogP contribution in [0.4, 0.5) is 0 Å². The maximum Gasteiger partial charge on any atom is 0.0851 e. The predicted octanol–water partition coefficient (Wildman–Crippen LogP) is 8.05. The summed E-state index contributed by atoms with van der Waals surface area (Å²) in [5, 5.41) is 4.70. The first-order valence-corrected chi connectivity index (χ1v) is 15.3. The van der Waals surface area contributed by atoms with Crippen LogP contribution < -0.4 is 27.4 Å². The normalized spacial score (nSPS) is 9.12. The average Bonchev–Trinajstić information content (AvgIpc) is 2.99. The van der Waals surface area contributed by atoms with Crippen LogP contribution in [-0.4, -0.2) is 5.24 Å². The first-order valence-electron chi connectivity index (χ1n) is 11.8. The van der Waals surface area contributed by atoms with Crippen molar-refractivity contribution in [2.24, 2.45) is 0 Å². The Bertz CT molecular complexity index is 1080. The van der Waals surface area contributed by atoms with Crippen LogP contribution in [0.3, 0.4) is 0 Å². The Morgan fingerprint density at radius 3 is 0.875 bits per heavy atom. The molecule has 0 atom stereocenters. The van der Waals surface area contributed by atoms with Gasteiger partial charge in [-0.2, -0.15) is 36.4 Å². The molecule has 0 spiro atoms. The van der Waals surface area contributed by atoms with E-state index in [1.54, 1.807) is 0 Å². The summed E-state index contributed by atoms with van der Waals surface area (Å²) in [6, 6.07) is 54.4. The van der Waals surface area contributed by atoms with Crippen molar-refractivity contribution < 1.29 is 25.2 Å². The summed E-state index contributed by atoms with van der Waals surface area (Å²) in [5.74, 6) is 0. The first kappa shape index (κ1) is 37.4. The molecule has 0 fully saturated rings. The van der Waals surface area contributed by atoms with Crippen LogP contribution in [0.25, 0.3) is 0 Å². The Morgan fingerprint density at radius 2 is 0.725 bits per heavy atom. The van der Waals surface area contributed by atoms with Gasteiger partial charge in [-0.1, -0.05) is 154 Å². The van der Waals surface area contributed by atoms with Gasteiger partial charge in [-0.25, -0.2) is 15.8 Å². The third-order valence-electron chi connectivity index (χ3n) is 4.88. The number of carbonyl (C=O) groups excluding carboxylic acids is 1. The standard InChI is InChI=1S/2C13H12P.C6H5.C2H2ClO.H3N.Pd/c2*1-14(12-8-4-2-5-9-12)13-10-6-3-7-11-13;1-2-4-6-5-3-1;1-2(3)4;;/h2*2-11H,1H2;1-5H;1H2;1H3;/q4*-1;;. The number of hydrogen-bond donors (Lipinski definition) is 1. The Balaban J connectivity index is 0.000000551. The van der Waals surface area contributed by atoms with Crippen LogP contribution >= 0.6 is 27.4 Å². The summed E-state index contributed by atoms with van der Waals surface area (Å²) < 4.78 is 0. The van der Waals surface area contributed by atoms with Crippen molar-refractivity contribution in [1.82, 2.24) is 6.15 Å². The van der Waals surface area contributed by atoms with Gasteiger partial charge in [0.2, 0.25) is 0 Å². The quantitative estimate of drug-likeness (QED) is 0.0907. The second kappa shape index (κ2) is 23.1. The van der Waals surface area contributed by atoms with Gasteiger partial charge in [-0.15, -0.1) is 0 Å². The summed E-state index contributed by atoms with van der Waals surface area (Å²) in [6.07, 6.45) is 0. The van der Waals surface area contributed by atoms with Crippen molar-refractivity contribution in [2.75, 3.05) is 0 Å². The first-order chi connectivity index (χ1) is 18.5. The molecule has 212 valence electrons. The van der Waals surface area contributed by atoms with E-state index in [4.69, 9.17) is 4.79 Å². The molecule has 0 aliphatic rings. The van der Waals surface area contributed by atoms with E-state index in [-0.39, 0.29) is 26.6 Å². The fourth-order valence-electron chi connectivity index (χ4n) is 3.07. The van der Waals surface area contributed by atoms with Gasteiger partial charge >= 0.3 is 0 Å². The van der Waals surface area contributed by atoms with Crippen LogP contribution in [0.15, 0.2) is 152 Å². The summed E-state index contributed by atoms with van der Waals surface area (Å²) in [7, 11) is -0.842. The molecule has 0 unspecified atom stereocenters. The minimum atomic E-state index is -0.611. The molecule has 0 aromatic heterocycles. The van der Waals surface area contributed by atoms with Gasteiger partial charge in [0, 0.05) is 20.4 Å². The molecule has 0 bridgehead atoms. The van der Waals surface area contributed by atoms with Crippen LogP contribution in [0.1, 0.15) is 0 Å². The summed E-state index contributed by atoms with van der Waals surface area (Å²) in [4.78, 5) is 9.10. The predicted molar refractivity (Wildman–Crippen MR) is 175 cm³/mol. The molecule has 0 heterocycles. The number of carbonyl (C=O) groups is 1. The van der Waals surface area contributed by atoms with Crippen molar-refractivity contribution in [3.05, 3.63) is 178 Å². The van der Waals surface area contributed by atoms with E-state index in [9.17, 15) is 0 Å². The van der Waals surface area contributed by atoms with Crippen molar-refractivity contribution in [1.29, 1.82) is 0 Å². The Hall–Kier alpha value is -2.59. The molecule has 0 aliphatic heterocycles. The molecule has 5 aromatic rings. The third kappa shape index (κ3) is 15.9. The van der Waals surface area contributed by atoms with Crippen LogP contribution in [0.2, 0.25) is 0 Å². The van der Waals surface area contributed by atoms with E-state index >= 15 is 0 Å². The van der Waals surface area contributed by atoms with Gasteiger partial charge in [-0.3, -0.25) is 0 Å². The molecule has 0 amide bonds. The van der Waals surface area contributed by atoms with Gasteiger partial charge in [0.15, 0.2) is 0 Å². The SMILES string of the molecule is N.[CH2-]C(=O)Cl.[CH2-]P(c1ccccc1)c1ccccc1.[CH2-]P(c1ccccc1)c1ccccc1.[Pd].[c-]1ccccc1. The van der Waals surface area contributed by atoms with Crippen molar-refractivity contribution in [3.63, 3.8) is 0 Å². The van der Waals surface area contributed by atoms with Crippen molar-refractivity contribution in [2.45, 2.75) is 0 Å². The van der Waals surface area contributed by atoms with Gasteiger partial charge in [-0.05, 0) is 0 Å².